The molecule has 4 nitrogen and oxygen atoms in total. The molecule has 5 heteroatoms. The Labute approximate surface area is 109 Å². The van der Waals surface area contributed by atoms with E-state index < -0.39 is 0 Å². The van der Waals surface area contributed by atoms with Crippen LogP contribution in [0.5, 0.6) is 0 Å². The summed E-state index contributed by atoms with van der Waals surface area (Å²) >= 11 is 1.72. The minimum Gasteiger partial charge on any atom is -0.399 e. The SMILES string of the molecule is Nc1ccc(-c2n[nH]c(Cc3cccs3)n2)cc1. The molecule has 2 heterocycles. The van der Waals surface area contributed by atoms with Crippen molar-refractivity contribution in [3.63, 3.8) is 0 Å². The predicted octanol–water partition coefficient (Wildman–Crippen LogP) is 2.71. The molecular weight excluding hydrogens is 244 g/mol. The Morgan fingerprint density at radius 3 is 2.72 bits per heavy atom. The quantitative estimate of drug-likeness (QED) is 0.708. The monoisotopic (exact) mass is 256 g/mol. The van der Waals surface area contributed by atoms with Crippen molar-refractivity contribution in [2.24, 2.45) is 0 Å². The minimum absolute atomic E-state index is 0.710. The number of thiophene rings is 1. The van der Waals surface area contributed by atoms with Crippen molar-refractivity contribution in [1.82, 2.24) is 15.2 Å². The van der Waals surface area contributed by atoms with Crippen LogP contribution in [0.4, 0.5) is 5.69 Å². The van der Waals surface area contributed by atoms with Crippen LogP contribution < -0.4 is 5.73 Å². The molecule has 0 bridgehead atoms. The second kappa shape index (κ2) is 4.62. The second-order valence-electron chi connectivity index (χ2n) is 3.98. The largest absolute Gasteiger partial charge is 0.399 e. The molecule has 2 aromatic heterocycles. The molecule has 0 radical (unpaired) electrons. The van der Waals surface area contributed by atoms with Crippen molar-refractivity contribution in [1.29, 1.82) is 0 Å². The maximum absolute atomic E-state index is 5.65. The van der Waals surface area contributed by atoms with Crippen molar-refractivity contribution in [2.75, 3.05) is 5.73 Å². The first-order chi connectivity index (χ1) is 8.81. The molecule has 0 saturated carbocycles. The van der Waals surface area contributed by atoms with Crippen molar-refractivity contribution in [2.45, 2.75) is 6.42 Å². The highest BCUT2D eigenvalue weighted by atomic mass is 32.1. The van der Waals surface area contributed by atoms with Gasteiger partial charge in [0.2, 0.25) is 0 Å². The average Bonchev–Trinajstić information content (AvgIpc) is 3.02. The van der Waals surface area contributed by atoms with Crippen LogP contribution in [0.15, 0.2) is 41.8 Å². The number of nitrogen functional groups attached to an aromatic ring is 1. The normalized spacial score (nSPS) is 10.7. The summed E-state index contributed by atoms with van der Waals surface area (Å²) in [6.07, 6.45) is 0.791. The highest BCUT2D eigenvalue weighted by Crippen LogP contribution is 2.18. The standard InChI is InChI=1S/C13H12N4S/c14-10-5-3-9(4-6-10)13-15-12(16-17-13)8-11-2-1-7-18-11/h1-7H,8,14H2,(H,15,16,17). The topological polar surface area (TPSA) is 67.6 Å². The third-order valence-corrected chi connectivity index (χ3v) is 3.50. The predicted molar refractivity (Wildman–Crippen MR) is 73.4 cm³/mol. The molecule has 3 N–H and O–H groups in total. The summed E-state index contributed by atoms with van der Waals surface area (Å²) in [4.78, 5) is 5.76. The highest BCUT2D eigenvalue weighted by Gasteiger charge is 2.06. The number of aromatic nitrogens is 3. The number of nitrogens with two attached hydrogens (primary N) is 1. The zero-order chi connectivity index (χ0) is 12.4. The molecule has 0 aliphatic rings. The van der Waals surface area contributed by atoms with Gasteiger partial charge in [0.05, 0.1) is 0 Å². The Kier molecular flexibility index (Phi) is 2.82. The summed E-state index contributed by atoms with van der Waals surface area (Å²) in [5, 5.41) is 9.26. The fourth-order valence-corrected chi connectivity index (χ4v) is 2.42. The van der Waals surface area contributed by atoms with E-state index in [1.165, 1.54) is 4.88 Å². The Balaban J connectivity index is 1.83. The zero-order valence-electron chi connectivity index (χ0n) is 9.63. The van der Waals surface area contributed by atoms with Gasteiger partial charge in [0.1, 0.15) is 5.82 Å². The van der Waals surface area contributed by atoms with Gasteiger partial charge in [0.15, 0.2) is 5.82 Å². The maximum atomic E-state index is 5.65. The van der Waals surface area contributed by atoms with E-state index in [0.717, 1.165) is 23.5 Å². The lowest BCUT2D eigenvalue weighted by Crippen LogP contribution is -1.87. The van der Waals surface area contributed by atoms with Crippen LogP contribution in [-0.4, -0.2) is 15.2 Å². The van der Waals surface area contributed by atoms with Gasteiger partial charge < -0.3 is 5.73 Å². The number of hydrogen-bond donors (Lipinski definition) is 2. The minimum atomic E-state index is 0.710. The number of H-pyrrole nitrogens is 1. The van der Waals surface area contributed by atoms with Crippen molar-refractivity contribution in [3.8, 4) is 11.4 Å². The summed E-state index contributed by atoms with van der Waals surface area (Å²) in [7, 11) is 0. The van der Waals surface area contributed by atoms with Crippen LogP contribution in [-0.2, 0) is 6.42 Å². The molecule has 0 atom stereocenters. The van der Waals surface area contributed by atoms with E-state index in [-0.39, 0.29) is 0 Å². The summed E-state index contributed by atoms with van der Waals surface area (Å²) in [6.45, 7) is 0. The number of nitrogens with one attached hydrogen (secondary N) is 1. The highest BCUT2D eigenvalue weighted by molar-refractivity contribution is 7.09. The van der Waals surface area contributed by atoms with E-state index in [1.807, 2.05) is 30.3 Å². The van der Waals surface area contributed by atoms with Gasteiger partial charge in [-0.25, -0.2) is 4.98 Å². The molecule has 3 rings (SSSR count). The van der Waals surface area contributed by atoms with Crippen LogP contribution in [0.25, 0.3) is 11.4 Å². The molecule has 18 heavy (non-hydrogen) atoms. The summed E-state index contributed by atoms with van der Waals surface area (Å²) in [5.41, 5.74) is 7.37. The zero-order valence-corrected chi connectivity index (χ0v) is 10.4. The summed E-state index contributed by atoms with van der Waals surface area (Å²) in [5.74, 6) is 1.59. The van der Waals surface area contributed by atoms with Gasteiger partial charge >= 0.3 is 0 Å². The lowest BCUT2D eigenvalue weighted by Gasteiger charge is -1.95. The van der Waals surface area contributed by atoms with Gasteiger partial charge in [-0.1, -0.05) is 6.07 Å². The summed E-state index contributed by atoms with van der Waals surface area (Å²) in [6, 6.07) is 11.7. The van der Waals surface area contributed by atoms with Crippen molar-refractivity contribution < 1.29 is 0 Å². The molecule has 3 aromatic rings. The third kappa shape index (κ3) is 2.26. The molecule has 0 aliphatic heterocycles. The second-order valence-corrected chi connectivity index (χ2v) is 5.02. The maximum Gasteiger partial charge on any atom is 0.181 e. The van der Waals surface area contributed by atoms with Crippen molar-refractivity contribution in [3.05, 3.63) is 52.5 Å². The molecule has 0 aliphatic carbocycles. The number of hydrogen-bond acceptors (Lipinski definition) is 4. The van der Waals surface area contributed by atoms with Crippen LogP contribution in [0.1, 0.15) is 10.7 Å². The van der Waals surface area contributed by atoms with Crippen LogP contribution in [0.2, 0.25) is 0 Å². The summed E-state index contributed by atoms with van der Waals surface area (Å²) < 4.78 is 0. The molecule has 0 unspecified atom stereocenters. The van der Waals surface area contributed by atoms with Gasteiger partial charge in [-0.3, -0.25) is 5.10 Å². The first kappa shape index (κ1) is 11.0. The number of aromatic amines is 1. The van der Waals surface area contributed by atoms with Crippen molar-refractivity contribution >= 4 is 17.0 Å². The Morgan fingerprint density at radius 1 is 1.17 bits per heavy atom. The van der Waals surface area contributed by atoms with Gasteiger partial charge in [-0.05, 0) is 35.7 Å². The van der Waals surface area contributed by atoms with E-state index >= 15 is 0 Å². The molecule has 0 fully saturated rings. The van der Waals surface area contributed by atoms with Crippen LogP contribution in [0, 0.1) is 0 Å². The number of benzene rings is 1. The number of anilines is 1. The van der Waals surface area contributed by atoms with E-state index in [9.17, 15) is 0 Å². The third-order valence-electron chi connectivity index (χ3n) is 2.62. The lowest BCUT2D eigenvalue weighted by molar-refractivity contribution is 0.984. The Morgan fingerprint density at radius 2 is 2.00 bits per heavy atom. The van der Waals surface area contributed by atoms with E-state index in [0.29, 0.717) is 5.82 Å². The molecule has 0 saturated heterocycles. The molecule has 0 spiro atoms. The molecule has 0 amide bonds. The average molecular weight is 256 g/mol. The van der Waals surface area contributed by atoms with Gasteiger partial charge in [-0.15, -0.1) is 11.3 Å². The van der Waals surface area contributed by atoms with E-state index in [1.54, 1.807) is 11.3 Å². The van der Waals surface area contributed by atoms with E-state index in [4.69, 9.17) is 5.73 Å². The molecule has 90 valence electrons. The smallest absolute Gasteiger partial charge is 0.181 e. The fourth-order valence-electron chi connectivity index (χ4n) is 1.71. The van der Waals surface area contributed by atoms with Gasteiger partial charge in [0, 0.05) is 22.5 Å². The number of nitrogens with zero attached hydrogens (tertiary/aromatic N) is 2. The first-order valence-electron chi connectivity index (χ1n) is 5.61. The molecule has 1 aromatic carbocycles. The number of rotatable bonds is 3. The van der Waals surface area contributed by atoms with Gasteiger partial charge in [0.25, 0.3) is 0 Å². The van der Waals surface area contributed by atoms with Crippen LogP contribution in [0.3, 0.4) is 0 Å². The first-order valence-corrected chi connectivity index (χ1v) is 6.49. The van der Waals surface area contributed by atoms with Crippen LogP contribution >= 0.6 is 11.3 Å². The Hall–Kier alpha value is -2.14. The van der Waals surface area contributed by atoms with Gasteiger partial charge in [-0.2, -0.15) is 5.10 Å². The lowest BCUT2D eigenvalue weighted by atomic mass is 10.2. The Bertz CT molecular complexity index is 625. The van der Waals surface area contributed by atoms with E-state index in [2.05, 4.69) is 26.6 Å². The fraction of sp³-hybridized carbons (Fsp3) is 0.0769. The molecular formula is C13H12N4S.